The second-order valence-electron chi connectivity index (χ2n) is 4.29. The summed E-state index contributed by atoms with van der Waals surface area (Å²) >= 11 is 0. The number of nitrogens with two attached hydrogens (primary N) is 1. The van der Waals surface area contributed by atoms with Gasteiger partial charge in [0, 0.05) is 12.4 Å². The maximum Gasteiger partial charge on any atom is 0.237 e. The molecule has 1 aromatic carbocycles. The smallest absolute Gasteiger partial charge is 0.237 e. The van der Waals surface area contributed by atoms with Crippen molar-refractivity contribution in [1.29, 1.82) is 0 Å². The summed E-state index contributed by atoms with van der Waals surface area (Å²) in [4.78, 5) is 8.42. The van der Waals surface area contributed by atoms with Gasteiger partial charge in [0.25, 0.3) is 0 Å². The van der Waals surface area contributed by atoms with Crippen LogP contribution in [-0.2, 0) is 0 Å². The number of aromatic nitrogens is 2. The average Bonchev–Trinajstić information content (AvgIpc) is 2.40. The Morgan fingerprint density at radius 1 is 1.17 bits per heavy atom. The number of nitrogens with zero attached hydrogens (tertiary/aromatic N) is 2. The molecule has 0 aliphatic rings. The third-order valence-electron chi connectivity index (χ3n) is 2.95. The van der Waals surface area contributed by atoms with E-state index in [1.807, 2.05) is 13.8 Å². The van der Waals surface area contributed by atoms with Crippen LogP contribution in [0.5, 0.6) is 5.88 Å². The number of aryl methyl sites for hydroxylation is 2. The molecule has 2 N–H and O–H groups in total. The summed E-state index contributed by atoms with van der Waals surface area (Å²) < 4.78 is 5.20. The molecule has 0 spiro atoms. The van der Waals surface area contributed by atoms with Gasteiger partial charge in [-0.25, -0.2) is 4.98 Å². The molecule has 2 aromatic rings. The monoisotopic (exact) mass is 243 g/mol. The number of methoxy groups -OCH3 is 1. The molecular formula is C14H17N3O. The highest BCUT2D eigenvalue weighted by Crippen LogP contribution is 2.26. The molecule has 1 aromatic heterocycles. The van der Waals surface area contributed by atoms with Gasteiger partial charge in [0.1, 0.15) is 5.69 Å². The Labute approximate surface area is 107 Å². The highest BCUT2D eigenvalue weighted by molar-refractivity contribution is 5.39. The van der Waals surface area contributed by atoms with Crippen molar-refractivity contribution in [1.82, 2.24) is 9.97 Å². The fraction of sp³-hybridized carbons (Fsp3) is 0.286. The van der Waals surface area contributed by atoms with Crippen molar-refractivity contribution in [3.05, 3.63) is 53.0 Å². The van der Waals surface area contributed by atoms with E-state index in [-0.39, 0.29) is 6.04 Å². The number of hydrogen-bond donors (Lipinski definition) is 1. The third kappa shape index (κ3) is 2.33. The van der Waals surface area contributed by atoms with Crippen molar-refractivity contribution in [3.63, 3.8) is 0 Å². The largest absolute Gasteiger partial charge is 0.480 e. The number of ether oxygens (including phenoxy) is 1. The predicted octanol–water partition coefficient (Wildman–Crippen LogP) is 2.15. The number of benzene rings is 1. The minimum atomic E-state index is -0.325. The molecule has 0 saturated carbocycles. The number of hydrogen-bond acceptors (Lipinski definition) is 4. The zero-order valence-corrected chi connectivity index (χ0v) is 10.8. The van der Waals surface area contributed by atoms with Gasteiger partial charge in [0.2, 0.25) is 5.88 Å². The van der Waals surface area contributed by atoms with E-state index >= 15 is 0 Å². The van der Waals surface area contributed by atoms with Crippen molar-refractivity contribution >= 4 is 0 Å². The Bertz CT molecular complexity index is 554. The molecule has 18 heavy (non-hydrogen) atoms. The van der Waals surface area contributed by atoms with Gasteiger partial charge in [-0.15, -0.1) is 0 Å². The normalized spacial score (nSPS) is 12.2. The van der Waals surface area contributed by atoms with Crippen LogP contribution in [0.15, 0.2) is 30.6 Å². The highest BCUT2D eigenvalue weighted by atomic mass is 16.5. The molecule has 0 radical (unpaired) electrons. The molecule has 0 bridgehead atoms. The van der Waals surface area contributed by atoms with Crippen LogP contribution in [0.25, 0.3) is 0 Å². The molecule has 0 fully saturated rings. The van der Waals surface area contributed by atoms with Crippen LogP contribution in [0.1, 0.15) is 28.4 Å². The minimum Gasteiger partial charge on any atom is -0.480 e. The summed E-state index contributed by atoms with van der Waals surface area (Å²) in [6, 6.07) is 5.88. The molecule has 4 heteroatoms. The first-order valence-corrected chi connectivity index (χ1v) is 5.81. The summed E-state index contributed by atoms with van der Waals surface area (Å²) in [5.74, 6) is 0.478. The molecule has 0 amide bonds. The van der Waals surface area contributed by atoms with Crippen LogP contribution in [0.2, 0.25) is 0 Å². The summed E-state index contributed by atoms with van der Waals surface area (Å²) in [5, 5.41) is 0. The summed E-state index contributed by atoms with van der Waals surface area (Å²) in [7, 11) is 1.57. The van der Waals surface area contributed by atoms with Gasteiger partial charge < -0.3 is 10.5 Å². The standard InChI is InChI=1S/C14H17N3O/c1-9-4-5-10(2)11(8-9)12(15)13-14(18-3)17-7-6-16-13/h4-8,12H,15H2,1-3H3. The molecule has 0 aliphatic carbocycles. The molecule has 94 valence electrons. The highest BCUT2D eigenvalue weighted by Gasteiger charge is 2.18. The Morgan fingerprint density at radius 3 is 2.61 bits per heavy atom. The van der Waals surface area contributed by atoms with Crippen LogP contribution < -0.4 is 10.5 Å². The van der Waals surface area contributed by atoms with Gasteiger partial charge >= 0.3 is 0 Å². The first kappa shape index (κ1) is 12.5. The Hall–Kier alpha value is -1.94. The van der Waals surface area contributed by atoms with E-state index in [0.29, 0.717) is 11.6 Å². The lowest BCUT2D eigenvalue weighted by Gasteiger charge is -2.16. The van der Waals surface area contributed by atoms with E-state index in [2.05, 4.69) is 28.2 Å². The Kier molecular flexibility index (Phi) is 3.58. The summed E-state index contributed by atoms with van der Waals surface area (Å²) in [6.45, 7) is 4.08. The summed E-state index contributed by atoms with van der Waals surface area (Å²) in [5.41, 5.74) is 10.3. The van der Waals surface area contributed by atoms with Crippen molar-refractivity contribution < 1.29 is 4.74 Å². The molecule has 0 aliphatic heterocycles. The third-order valence-corrected chi connectivity index (χ3v) is 2.95. The van der Waals surface area contributed by atoms with Crippen LogP contribution in [0.4, 0.5) is 0 Å². The van der Waals surface area contributed by atoms with Gasteiger partial charge in [-0.2, -0.15) is 0 Å². The SMILES string of the molecule is COc1nccnc1C(N)c1cc(C)ccc1C. The quantitative estimate of drug-likeness (QED) is 0.897. The molecule has 1 heterocycles. The first-order chi connectivity index (χ1) is 8.63. The lowest BCUT2D eigenvalue weighted by atomic mass is 9.97. The topological polar surface area (TPSA) is 61.0 Å². The van der Waals surface area contributed by atoms with Crippen molar-refractivity contribution in [2.45, 2.75) is 19.9 Å². The van der Waals surface area contributed by atoms with E-state index in [0.717, 1.165) is 11.1 Å². The minimum absolute atomic E-state index is 0.325. The van der Waals surface area contributed by atoms with E-state index in [1.54, 1.807) is 19.5 Å². The van der Waals surface area contributed by atoms with Crippen molar-refractivity contribution in [3.8, 4) is 5.88 Å². The van der Waals surface area contributed by atoms with Crippen LogP contribution in [0, 0.1) is 13.8 Å². The Morgan fingerprint density at radius 2 is 1.89 bits per heavy atom. The Balaban J connectivity index is 2.47. The fourth-order valence-electron chi connectivity index (χ4n) is 1.95. The molecule has 0 saturated heterocycles. The predicted molar refractivity (Wildman–Crippen MR) is 70.5 cm³/mol. The molecule has 1 unspecified atom stereocenters. The van der Waals surface area contributed by atoms with Crippen LogP contribution >= 0.6 is 0 Å². The van der Waals surface area contributed by atoms with Crippen molar-refractivity contribution in [2.24, 2.45) is 5.73 Å². The van der Waals surface area contributed by atoms with Gasteiger partial charge in [0.15, 0.2) is 0 Å². The lowest BCUT2D eigenvalue weighted by Crippen LogP contribution is -2.16. The van der Waals surface area contributed by atoms with Crippen LogP contribution in [-0.4, -0.2) is 17.1 Å². The van der Waals surface area contributed by atoms with Gasteiger partial charge in [-0.1, -0.05) is 23.8 Å². The zero-order chi connectivity index (χ0) is 13.1. The average molecular weight is 243 g/mol. The van der Waals surface area contributed by atoms with Gasteiger partial charge in [-0.05, 0) is 25.0 Å². The van der Waals surface area contributed by atoms with Crippen LogP contribution in [0.3, 0.4) is 0 Å². The number of rotatable bonds is 3. The summed E-state index contributed by atoms with van der Waals surface area (Å²) in [6.07, 6.45) is 3.22. The first-order valence-electron chi connectivity index (χ1n) is 5.81. The maximum atomic E-state index is 6.28. The molecule has 1 atom stereocenters. The maximum absolute atomic E-state index is 6.28. The zero-order valence-electron chi connectivity index (χ0n) is 10.8. The molecular weight excluding hydrogens is 226 g/mol. The van der Waals surface area contributed by atoms with Gasteiger partial charge in [0.05, 0.1) is 13.2 Å². The van der Waals surface area contributed by atoms with Gasteiger partial charge in [-0.3, -0.25) is 4.98 Å². The second kappa shape index (κ2) is 5.14. The fourth-order valence-corrected chi connectivity index (χ4v) is 1.95. The molecule has 2 rings (SSSR count). The van der Waals surface area contributed by atoms with E-state index < -0.39 is 0 Å². The van der Waals surface area contributed by atoms with E-state index in [9.17, 15) is 0 Å². The van der Waals surface area contributed by atoms with Crippen molar-refractivity contribution in [2.75, 3.05) is 7.11 Å². The second-order valence-corrected chi connectivity index (χ2v) is 4.29. The molecule has 4 nitrogen and oxygen atoms in total. The van der Waals surface area contributed by atoms with E-state index in [4.69, 9.17) is 10.5 Å². The van der Waals surface area contributed by atoms with E-state index in [1.165, 1.54) is 5.56 Å². The lowest BCUT2D eigenvalue weighted by molar-refractivity contribution is 0.387.